The van der Waals surface area contributed by atoms with Crippen LogP contribution in [0.15, 0.2) is 47.4 Å². The SMILES string of the molecule is CCN1CCN(S(=O)(=O)c2ccc(NC(=O)c3cc(F)ccc3F)cc2)CC1. The summed E-state index contributed by atoms with van der Waals surface area (Å²) in [6, 6.07) is 8.22. The number of carbonyl (C=O) groups excluding carboxylic acids is 1. The minimum Gasteiger partial charge on any atom is -0.322 e. The molecule has 0 radical (unpaired) electrons. The summed E-state index contributed by atoms with van der Waals surface area (Å²) in [4.78, 5) is 14.4. The molecule has 1 amide bonds. The van der Waals surface area contributed by atoms with Gasteiger partial charge < -0.3 is 10.2 Å². The molecule has 0 unspecified atom stereocenters. The van der Waals surface area contributed by atoms with Crippen LogP contribution in [0, 0.1) is 11.6 Å². The van der Waals surface area contributed by atoms with Crippen LogP contribution >= 0.6 is 0 Å². The van der Waals surface area contributed by atoms with Crippen molar-refractivity contribution in [1.29, 1.82) is 0 Å². The number of hydrogen-bond acceptors (Lipinski definition) is 4. The van der Waals surface area contributed by atoms with Crippen molar-refractivity contribution >= 4 is 21.6 Å². The average molecular weight is 409 g/mol. The van der Waals surface area contributed by atoms with Crippen LogP contribution in [0.1, 0.15) is 17.3 Å². The van der Waals surface area contributed by atoms with Gasteiger partial charge in [-0.3, -0.25) is 4.79 Å². The van der Waals surface area contributed by atoms with Crippen molar-refractivity contribution in [3.05, 3.63) is 59.7 Å². The summed E-state index contributed by atoms with van der Waals surface area (Å²) in [5, 5.41) is 2.44. The predicted molar refractivity (Wildman–Crippen MR) is 102 cm³/mol. The molecule has 0 aromatic heterocycles. The molecule has 0 bridgehead atoms. The Morgan fingerprint density at radius 1 is 1.04 bits per heavy atom. The van der Waals surface area contributed by atoms with E-state index < -0.39 is 33.1 Å². The quantitative estimate of drug-likeness (QED) is 0.824. The first-order chi connectivity index (χ1) is 13.3. The van der Waals surface area contributed by atoms with Gasteiger partial charge in [0.1, 0.15) is 11.6 Å². The Bertz CT molecular complexity index is 957. The third-order valence-electron chi connectivity index (χ3n) is 4.70. The van der Waals surface area contributed by atoms with E-state index in [0.717, 1.165) is 24.7 Å². The molecule has 0 saturated carbocycles. The number of sulfonamides is 1. The first-order valence-corrected chi connectivity index (χ1v) is 10.3. The maximum atomic E-state index is 13.7. The van der Waals surface area contributed by atoms with E-state index in [0.29, 0.717) is 26.2 Å². The summed E-state index contributed by atoms with van der Waals surface area (Å²) in [6.45, 7) is 5.13. The highest BCUT2D eigenvalue weighted by molar-refractivity contribution is 7.89. The van der Waals surface area contributed by atoms with Gasteiger partial charge in [-0.2, -0.15) is 4.31 Å². The van der Waals surface area contributed by atoms with Gasteiger partial charge in [0, 0.05) is 31.9 Å². The van der Waals surface area contributed by atoms with E-state index in [-0.39, 0.29) is 10.6 Å². The number of carbonyl (C=O) groups is 1. The van der Waals surface area contributed by atoms with Crippen molar-refractivity contribution in [1.82, 2.24) is 9.21 Å². The van der Waals surface area contributed by atoms with Crippen LogP contribution < -0.4 is 5.32 Å². The maximum absolute atomic E-state index is 13.7. The smallest absolute Gasteiger partial charge is 0.258 e. The number of rotatable bonds is 5. The van der Waals surface area contributed by atoms with Gasteiger partial charge in [0.2, 0.25) is 10.0 Å². The molecule has 1 N–H and O–H groups in total. The minimum absolute atomic E-state index is 0.118. The lowest BCUT2D eigenvalue weighted by Gasteiger charge is -2.33. The van der Waals surface area contributed by atoms with E-state index in [2.05, 4.69) is 10.2 Å². The van der Waals surface area contributed by atoms with E-state index >= 15 is 0 Å². The van der Waals surface area contributed by atoms with Crippen molar-refractivity contribution in [2.75, 3.05) is 38.0 Å². The molecule has 9 heteroatoms. The molecule has 1 saturated heterocycles. The third kappa shape index (κ3) is 4.37. The molecule has 0 aliphatic carbocycles. The number of benzene rings is 2. The molecule has 28 heavy (non-hydrogen) atoms. The standard InChI is InChI=1S/C19H21F2N3O3S/c1-2-23-9-11-24(12-10-23)28(26,27)16-6-4-15(5-7-16)22-19(25)17-13-14(20)3-8-18(17)21/h3-8,13H,2,9-12H2,1H3,(H,22,25). The normalized spacial score (nSPS) is 16.1. The molecular formula is C19H21F2N3O3S. The number of piperazine rings is 1. The van der Waals surface area contributed by atoms with Gasteiger partial charge in [-0.1, -0.05) is 6.92 Å². The maximum Gasteiger partial charge on any atom is 0.258 e. The van der Waals surface area contributed by atoms with Gasteiger partial charge in [-0.05, 0) is 49.0 Å². The number of hydrogen-bond donors (Lipinski definition) is 1. The molecule has 1 heterocycles. The largest absolute Gasteiger partial charge is 0.322 e. The zero-order chi connectivity index (χ0) is 20.3. The molecule has 2 aromatic rings. The van der Waals surface area contributed by atoms with Crippen LogP contribution in [0.5, 0.6) is 0 Å². The van der Waals surface area contributed by atoms with Gasteiger partial charge in [0.05, 0.1) is 10.5 Å². The van der Waals surface area contributed by atoms with Crippen LogP contribution in [0.3, 0.4) is 0 Å². The van der Waals surface area contributed by atoms with E-state index in [4.69, 9.17) is 0 Å². The van der Waals surface area contributed by atoms with E-state index in [1.54, 1.807) is 0 Å². The molecule has 1 aliphatic heterocycles. The lowest BCUT2D eigenvalue weighted by Crippen LogP contribution is -2.48. The highest BCUT2D eigenvalue weighted by Crippen LogP contribution is 2.21. The molecule has 6 nitrogen and oxygen atoms in total. The van der Waals surface area contributed by atoms with Crippen LogP contribution in [0.4, 0.5) is 14.5 Å². The van der Waals surface area contributed by atoms with Crippen LogP contribution in [-0.4, -0.2) is 56.3 Å². The van der Waals surface area contributed by atoms with Crippen molar-refractivity contribution < 1.29 is 22.0 Å². The summed E-state index contributed by atoms with van der Waals surface area (Å²) in [5.41, 5.74) is -0.145. The summed E-state index contributed by atoms with van der Waals surface area (Å²) < 4.78 is 53.9. The first-order valence-electron chi connectivity index (χ1n) is 8.90. The number of amides is 1. The zero-order valence-electron chi connectivity index (χ0n) is 15.4. The first kappa shape index (κ1) is 20.4. The lowest BCUT2D eigenvalue weighted by molar-refractivity contribution is 0.102. The molecule has 0 spiro atoms. The van der Waals surface area contributed by atoms with Gasteiger partial charge in [-0.25, -0.2) is 17.2 Å². The van der Waals surface area contributed by atoms with Gasteiger partial charge in [0.25, 0.3) is 5.91 Å². The fraction of sp³-hybridized carbons (Fsp3) is 0.316. The summed E-state index contributed by atoms with van der Waals surface area (Å²) in [5.74, 6) is -2.39. The Balaban J connectivity index is 1.71. The Kier molecular flexibility index (Phi) is 6.07. The average Bonchev–Trinajstić information content (AvgIpc) is 2.70. The Morgan fingerprint density at radius 3 is 2.29 bits per heavy atom. The van der Waals surface area contributed by atoms with Crippen LogP contribution in [0.25, 0.3) is 0 Å². The lowest BCUT2D eigenvalue weighted by atomic mass is 10.2. The van der Waals surface area contributed by atoms with Gasteiger partial charge in [-0.15, -0.1) is 0 Å². The van der Waals surface area contributed by atoms with Crippen LogP contribution in [0.2, 0.25) is 0 Å². The molecule has 1 aliphatic rings. The number of halogens is 2. The predicted octanol–water partition coefficient (Wildman–Crippen LogP) is 2.54. The molecule has 2 aromatic carbocycles. The topological polar surface area (TPSA) is 69.7 Å². The Labute approximate surface area is 162 Å². The van der Waals surface area contributed by atoms with Gasteiger partial charge >= 0.3 is 0 Å². The second-order valence-corrected chi connectivity index (χ2v) is 8.38. The highest BCUT2D eigenvalue weighted by atomic mass is 32.2. The van der Waals surface area contributed by atoms with Crippen molar-refractivity contribution in [3.8, 4) is 0 Å². The Hall–Kier alpha value is -2.36. The fourth-order valence-electron chi connectivity index (χ4n) is 3.02. The second kappa shape index (κ2) is 8.34. The highest BCUT2D eigenvalue weighted by Gasteiger charge is 2.28. The van der Waals surface area contributed by atoms with E-state index in [1.165, 1.54) is 28.6 Å². The van der Waals surface area contributed by atoms with Gasteiger partial charge in [0.15, 0.2) is 0 Å². The summed E-state index contributed by atoms with van der Waals surface area (Å²) >= 11 is 0. The van der Waals surface area contributed by atoms with E-state index in [9.17, 15) is 22.0 Å². The van der Waals surface area contributed by atoms with E-state index in [1.807, 2.05) is 6.92 Å². The Morgan fingerprint density at radius 2 is 1.68 bits per heavy atom. The monoisotopic (exact) mass is 409 g/mol. The van der Waals surface area contributed by atoms with Crippen LogP contribution in [-0.2, 0) is 10.0 Å². The summed E-state index contributed by atoms with van der Waals surface area (Å²) in [6.07, 6.45) is 0. The summed E-state index contributed by atoms with van der Waals surface area (Å²) in [7, 11) is -3.62. The third-order valence-corrected chi connectivity index (χ3v) is 6.61. The molecule has 3 rings (SSSR count). The molecule has 150 valence electrons. The zero-order valence-corrected chi connectivity index (χ0v) is 16.2. The molecule has 1 fully saturated rings. The molecule has 0 atom stereocenters. The second-order valence-electron chi connectivity index (χ2n) is 6.44. The minimum atomic E-state index is -3.62. The van der Waals surface area contributed by atoms with Crippen molar-refractivity contribution in [2.45, 2.75) is 11.8 Å². The number of nitrogens with one attached hydrogen (secondary N) is 1. The van der Waals surface area contributed by atoms with Crippen molar-refractivity contribution in [2.24, 2.45) is 0 Å². The van der Waals surface area contributed by atoms with Crippen molar-refractivity contribution in [3.63, 3.8) is 0 Å². The molecular weight excluding hydrogens is 388 g/mol. The number of likely N-dealkylation sites (N-methyl/N-ethyl adjacent to an activating group) is 1. The fourth-order valence-corrected chi connectivity index (χ4v) is 4.44. The number of anilines is 1. The number of nitrogens with zero attached hydrogens (tertiary/aromatic N) is 2.